The molecule has 0 aliphatic heterocycles. The first-order valence-electron chi connectivity index (χ1n) is 7.79. The summed E-state index contributed by atoms with van der Waals surface area (Å²) in [5, 5.41) is 0. The van der Waals surface area contributed by atoms with Gasteiger partial charge in [0, 0.05) is 0 Å². The van der Waals surface area contributed by atoms with Crippen molar-refractivity contribution in [3.63, 3.8) is 0 Å². The molecule has 0 aromatic heterocycles. The Bertz CT molecular complexity index is 327. The van der Waals surface area contributed by atoms with E-state index < -0.39 is 21.6 Å². The zero-order valence-corrected chi connectivity index (χ0v) is 17.3. The number of ketones is 1. The van der Waals surface area contributed by atoms with Crippen molar-refractivity contribution in [1.82, 2.24) is 0 Å². The van der Waals surface area contributed by atoms with E-state index in [9.17, 15) is 9.59 Å². The van der Waals surface area contributed by atoms with Crippen LogP contribution in [0.4, 0.5) is 0 Å². The second kappa shape index (κ2) is 10.8. The van der Waals surface area contributed by atoms with E-state index in [1.165, 1.54) is 0 Å². The van der Waals surface area contributed by atoms with Crippen LogP contribution in [0, 0.1) is 0 Å². The van der Waals surface area contributed by atoms with Crippen molar-refractivity contribution in [2.75, 3.05) is 13.2 Å². The molecule has 0 heterocycles. The standard InChI is InChI=1S/C6H9O3.3C3H7O.Zr/c1-2-9-5-6(8)3-4-7;3*1-3(2)4;/h2-3,5H2,1H3;3*3H,1-2H3;/q;3*-1;+3. The summed E-state index contributed by atoms with van der Waals surface area (Å²) >= 11 is -4.50. The second-order valence-corrected chi connectivity index (χ2v) is 11.7. The maximum atomic E-state index is 12.7. The zero-order chi connectivity index (χ0) is 17.3. The molecule has 0 amide bonds. The molecule has 0 bridgehead atoms. The number of hydrogen-bond donors (Lipinski definition) is 0. The molecule has 0 rings (SSSR count). The summed E-state index contributed by atoms with van der Waals surface area (Å²) < 4.78 is 22.3. The molecule has 7 heteroatoms. The predicted octanol–water partition coefficient (Wildman–Crippen LogP) is 2.68. The van der Waals surface area contributed by atoms with Gasteiger partial charge in [0.1, 0.15) is 0 Å². The Morgan fingerprint density at radius 2 is 1.27 bits per heavy atom. The van der Waals surface area contributed by atoms with Gasteiger partial charge in [-0.15, -0.1) is 0 Å². The molecule has 130 valence electrons. The number of carbonyl (C=O) groups is 2. The molecule has 0 atom stereocenters. The molecule has 0 unspecified atom stereocenters. The molecular formula is C15H30O6Zr. The Morgan fingerprint density at radius 3 is 1.59 bits per heavy atom. The molecule has 0 aliphatic rings. The van der Waals surface area contributed by atoms with Gasteiger partial charge in [-0.3, -0.25) is 0 Å². The van der Waals surface area contributed by atoms with Crippen molar-refractivity contribution < 1.29 is 44.4 Å². The summed E-state index contributed by atoms with van der Waals surface area (Å²) in [6, 6.07) is 0. The number of carbonyl (C=O) groups excluding carboxylic acids is 2. The van der Waals surface area contributed by atoms with Crippen LogP contribution in [-0.2, 0) is 44.4 Å². The minimum absolute atomic E-state index is 0.0742. The Labute approximate surface area is 140 Å². The van der Waals surface area contributed by atoms with Gasteiger partial charge in [-0.2, -0.15) is 0 Å². The van der Waals surface area contributed by atoms with Crippen LogP contribution in [0.15, 0.2) is 0 Å². The Balaban J connectivity index is 5.22. The summed E-state index contributed by atoms with van der Waals surface area (Å²) in [5.74, 6) is -0.278. The molecule has 0 saturated carbocycles. The van der Waals surface area contributed by atoms with Gasteiger partial charge in [0.2, 0.25) is 0 Å². The van der Waals surface area contributed by atoms with E-state index in [0.717, 1.165) is 0 Å². The summed E-state index contributed by atoms with van der Waals surface area (Å²) in [6.07, 6.45) is -0.889. The van der Waals surface area contributed by atoms with Crippen molar-refractivity contribution >= 4 is 9.27 Å². The summed E-state index contributed by atoms with van der Waals surface area (Å²) in [4.78, 5) is 24.5. The van der Waals surface area contributed by atoms with E-state index in [1.54, 1.807) is 6.92 Å². The molecule has 0 aromatic carbocycles. The van der Waals surface area contributed by atoms with Crippen LogP contribution in [0.1, 0.15) is 54.9 Å². The minimum atomic E-state index is -4.50. The third-order valence-electron chi connectivity index (χ3n) is 2.34. The zero-order valence-electron chi connectivity index (χ0n) is 14.8. The molecule has 0 aromatic rings. The van der Waals surface area contributed by atoms with Gasteiger partial charge in [0.15, 0.2) is 0 Å². The van der Waals surface area contributed by atoms with Gasteiger partial charge in [-0.05, 0) is 0 Å². The molecule has 0 spiro atoms. The van der Waals surface area contributed by atoms with Gasteiger partial charge >= 0.3 is 140 Å². The van der Waals surface area contributed by atoms with Crippen molar-refractivity contribution in [2.24, 2.45) is 0 Å². The van der Waals surface area contributed by atoms with Crippen molar-refractivity contribution in [1.29, 1.82) is 0 Å². The normalized spacial score (nSPS) is 12.5. The first-order chi connectivity index (χ1) is 10.1. The topological polar surface area (TPSA) is 71.1 Å². The van der Waals surface area contributed by atoms with Crippen LogP contribution in [-0.4, -0.2) is 40.8 Å². The fourth-order valence-corrected chi connectivity index (χ4v) is 8.74. The summed E-state index contributed by atoms with van der Waals surface area (Å²) in [5.41, 5.74) is 0. The average molecular weight is 398 g/mol. The van der Waals surface area contributed by atoms with E-state index in [2.05, 4.69) is 0 Å². The first-order valence-corrected chi connectivity index (χ1v) is 12.0. The van der Waals surface area contributed by atoms with E-state index in [4.69, 9.17) is 13.2 Å². The molecule has 0 N–H and O–H groups in total. The van der Waals surface area contributed by atoms with E-state index in [1.807, 2.05) is 41.5 Å². The third kappa shape index (κ3) is 8.63. The van der Waals surface area contributed by atoms with Crippen molar-refractivity contribution in [3.8, 4) is 0 Å². The summed E-state index contributed by atoms with van der Waals surface area (Å²) in [6.45, 7) is 13.1. The number of hydrogen-bond acceptors (Lipinski definition) is 6. The monoisotopic (exact) mass is 396 g/mol. The van der Waals surface area contributed by atoms with Crippen LogP contribution in [0.25, 0.3) is 0 Å². The van der Waals surface area contributed by atoms with Gasteiger partial charge in [-0.25, -0.2) is 0 Å². The number of Topliss-reactive ketones (excluding diaryl/α,β-unsaturated/α-hetero) is 1. The van der Waals surface area contributed by atoms with Crippen LogP contribution < -0.4 is 0 Å². The molecule has 0 fully saturated rings. The van der Waals surface area contributed by atoms with E-state index >= 15 is 0 Å². The van der Waals surface area contributed by atoms with Crippen LogP contribution in [0.3, 0.4) is 0 Å². The fourth-order valence-electron chi connectivity index (χ4n) is 1.77. The Hall–Kier alpha value is 0.0631. The van der Waals surface area contributed by atoms with Gasteiger partial charge in [0.25, 0.3) is 0 Å². The van der Waals surface area contributed by atoms with E-state index in [-0.39, 0.29) is 40.6 Å². The van der Waals surface area contributed by atoms with Crippen molar-refractivity contribution in [3.05, 3.63) is 0 Å². The number of ether oxygens (including phenoxy) is 1. The van der Waals surface area contributed by atoms with Crippen LogP contribution >= 0.6 is 0 Å². The quantitative estimate of drug-likeness (QED) is 0.472. The SMILES string of the molecule is CCOCC(=O)C[C](=O)[Zr]([O]C(C)C)([O]C(C)C)[O]C(C)C. The molecular weight excluding hydrogens is 367 g/mol. The number of rotatable bonds is 12. The molecule has 0 aliphatic carbocycles. The average Bonchev–Trinajstić information content (AvgIpc) is 2.33. The Morgan fingerprint density at radius 1 is 0.864 bits per heavy atom. The Kier molecular flexibility index (Phi) is 10.8. The molecule has 6 nitrogen and oxygen atoms in total. The second-order valence-electron chi connectivity index (χ2n) is 5.83. The van der Waals surface area contributed by atoms with Crippen LogP contribution in [0.5, 0.6) is 0 Å². The van der Waals surface area contributed by atoms with Crippen LogP contribution in [0.2, 0.25) is 0 Å². The van der Waals surface area contributed by atoms with Gasteiger partial charge in [-0.1, -0.05) is 0 Å². The third-order valence-corrected chi connectivity index (χ3v) is 10.2. The first kappa shape index (κ1) is 22.1. The molecule has 0 saturated heterocycles. The van der Waals surface area contributed by atoms with Gasteiger partial charge in [0.05, 0.1) is 0 Å². The van der Waals surface area contributed by atoms with E-state index in [0.29, 0.717) is 6.61 Å². The van der Waals surface area contributed by atoms with Gasteiger partial charge < -0.3 is 0 Å². The maximum absolute atomic E-state index is 12.7. The molecule has 0 radical (unpaired) electrons. The predicted molar refractivity (Wildman–Crippen MR) is 79.8 cm³/mol. The van der Waals surface area contributed by atoms with Crippen molar-refractivity contribution in [2.45, 2.75) is 73.2 Å². The summed E-state index contributed by atoms with van der Waals surface area (Å²) in [7, 11) is 0. The molecule has 22 heavy (non-hydrogen) atoms. The fraction of sp³-hybridized carbons (Fsp3) is 0.867.